The molecule has 1 spiro atoms. The minimum Gasteiger partial charge on any atom is -0.385 e. The lowest BCUT2D eigenvalue weighted by Crippen LogP contribution is -2.53. The number of hydrogen-bond acceptors (Lipinski definition) is 5. The average molecular weight is 454 g/mol. The minimum atomic E-state index is -1.33. The number of likely N-dealkylation sites (tertiary alicyclic amines) is 1. The fraction of sp³-hybridized carbons (Fsp3) is 0.375. The molecule has 8 heteroatoms. The van der Waals surface area contributed by atoms with Gasteiger partial charge < -0.3 is 10.1 Å². The summed E-state index contributed by atoms with van der Waals surface area (Å²) >= 11 is 6.28. The van der Waals surface area contributed by atoms with Crippen molar-refractivity contribution in [3.05, 3.63) is 64.7 Å². The van der Waals surface area contributed by atoms with Crippen molar-refractivity contribution in [2.75, 3.05) is 25.6 Å². The number of carbonyl (C=O) groups excluding carboxylic acids is 3. The molecule has 2 aromatic rings. The molecule has 2 fully saturated rings. The van der Waals surface area contributed by atoms with E-state index in [1.807, 2.05) is 30.3 Å². The molecular weight excluding hydrogens is 430 g/mol. The quantitative estimate of drug-likeness (QED) is 0.518. The molecule has 0 aliphatic carbocycles. The van der Waals surface area contributed by atoms with E-state index in [1.165, 1.54) is 4.90 Å². The molecule has 2 aromatic carbocycles. The fourth-order valence-corrected chi connectivity index (χ4v) is 5.64. The molecule has 3 heterocycles. The van der Waals surface area contributed by atoms with Crippen molar-refractivity contribution in [2.24, 2.45) is 11.8 Å². The number of benzene rings is 2. The van der Waals surface area contributed by atoms with Crippen LogP contribution in [0.4, 0.5) is 5.69 Å². The number of nitrogens with one attached hydrogen (secondary N) is 2. The van der Waals surface area contributed by atoms with Crippen LogP contribution in [0.5, 0.6) is 0 Å². The Morgan fingerprint density at radius 3 is 2.62 bits per heavy atom. The van der Waals surface area contributed by atoms with Crippen molar-refractivity contribution >= 4 is 35.0 Å². The lowest BCUT2D eigenvalue weighted by atomic mass is 9.76. The van der Waals surface area contributed by atoms with E-state index >= 15 is 0 Å². The van der Waals surface area contributed by atoms with Crippen LogP contribution < -0.4 is 10.6 Å². The second-order valence-electron chi connectivity index (χ2n) is 8.57. The highest BCUT2D eigenvalue weighted by molar-refractivity contribution is 6.31. The summed E-state index contributed by atoms with van der Waals surface area (Å²) < 4.78 is 5.10. The second kappa shape index (κ2) is 7.99. The van der Waals surface area contributed by atoms with Gasteiger partial charge in [-0.25, -0.2) is 0 Å². The van der Waals surface area contributed by atoms with Crippen LogP contribution in [0, 0.1) is 11.8 Å². The number of ether oxygens (including phenoxy) is 1. The molecule has 0 bridgehead atoms. The van der Waals surface area contributed by atoms with Crippen molar-refractivity contribution in [2.45, 2.75) is 24.4 Å². The Bertz CT molecular complexity index is 1090. The van der Waals surface area contributed by atoms with E-state index in [2.05, 4.69) is 10.6 Å². The Morgan fingerprint density at radius 2 is 1.88 bits per heavy atom. The summed E-state index contributed by atoms with van der Waals surface area (Å²) in [7, 11) is 1.58. The highest BCUT2D eigenvalue weighted by atomic mass is 35.5. The van der Waals surface area contributed by atoms with Crippen molar-refractivity contribution in [1.82, 2.24) is 10.2 Å². The SMILES string of the molecule is COCCCN1C(=O)C2C(Cc3ccccc3)NC3(C(=O)Nc4ccc(Cl)cc43)C2C1=O. The summed E-state index contributed by atoms with van der Waals surface area (Å²) in [6, 6.07) is 14.6. The topological polar surface area (TPSA) is 87.7 Å². The van der Waals surface area contributed by atoms with Crippen LogP contribution in [-0.4, -0.2) is 48.9 Å². The molecule has 7 nitrogen and oxygen atoms in total. The number of carbonyl (C=O) groups is 3. The van der Waals surface area contributed by atoms with Crippen LogP contribution in [0.2, 0.25) is 5.02 Å². The zero-order valence-corrected chi connectivity index (χ0v) is 18.4. The largest absolute Gasteiger partial charge is 0.385 e. The number of halogens is 1. The van der Waals surface area contributed by atoms with Crippen LogP contribution in [0.1, 0.15) is 17.5 Å². The van der Waals surface area contributed by atoms with Gasteiger partial charge in [0.25, 0.3) is 0 Å². The monoisotopic (exact) mass is 453 g/mol. The van der Waals surface area contributed by atoms with E-state index in [-0.39, 0.29) is 30.3 Å². The maximum Gasteiger partial charge on any atom is 0.250 e. The standard InChI is InChI=1S/C24H24ClN3O4/c1-32-11-5-10-28-21(29)19-18(12-14-6-3-2-4-7-14)27-24(20(19)22(28)30)16-13-15(25)8-9-17(16)26-23(24)31/h2-4,6-9,13,18-20,27H,5,10-12H2,1H3,(H,26,31). The summed E-state index contributed by atoms with van der Waals surface area (Å²) in [5, 5.41) is 6.80. The number of methoxy groups -OCH3 is 1. The Hall–Kier alpha value is -2.74. The lowest BCUT2D eigenvalue weighted by molar-refractivity contribution is -0.143. The van der Waals surface area contributed by atoms with Gasteiger partial charge in [0, 0.05) is 42.6 Å². The van der Waals surface area contributed by atoms with Crippen molar-refractivity contribution in [1.29, 1.82) is 0 Å². The van der Waals surface area contributed by atoms with Gasteiger partial charge in [0.15, 0.2) is 0 Å². The number of hydrogen-bond donors (Lipinski definition) is 2. The molecule has 166 valence electrons. The molecule has 4 atom stereocenters. The molecule has 3 aliphatic heterocycles. The van der Waals surface area contributed by atoms with Gasteiger partial charge in [0.05, 0.1) is 11.8 Å². The summed E-state index contributed by atoms with van der Waals surface area (Å²) in [6.45, 7) is 0.721. The Balaban J connectivity index is 1.59. The molecule has 32 heavy (non-hydrogen) atoms. The highest BCUT2D eigenvalue weighted by Crippen LogP contribution is 2.53. The minimum absolute atomic E-state index is 0.232. The molecule has 0 saturated carbocycles. The average Bonchev–Trinajstić information content (AvgIpc) is 3.35. The van der Waals surface area contributed by atoms with Gasteiger partial charge in [-0.1, -0.05) is 41.9 Å². The first-order chi connectivity index (χ1) is 15.5. The molecule has 3 aliphatic rings. The van der Waals surface area contributed by atoms with E-state index in [0.717, 1.165) is 5.56 Å². The Morgan fingerprint density at radius 1 is 1.09 bits per heavy atom. The first kappa shape index (κ1) is 21.1. The maximum absolute atomic E-state index is 13.6. The number of rotatable bonds is 6. The van der Waals surface area contributed by atoms with Crippen molar-refractivity contribution in [3.8, 4) is 0 Å². The number of anilines is 1. The van der Waals surface area contributed by atoms with Crippen LogP contribution in [0.25, 0.3) is 0 Å². The Labute approximate surface area is 191 Å². The molecule has 5 rings (SSSR count). The molecule has 2 saturated heterocycles. The van der Waals surface area contributed by atoms with Crippen LogP contribution in [0.3, 0.4) is 0 Å². The van der Waals surface area contributed by atoms with Gasteiger partial charge in [0.2, 0.25) is 17.7 Å². The lowest BCUT2D eigenvalue weighted by Gasteiger charge is -2.29. The van der Waals surface area contributed by atoms with Crippen LogP contribution in [0.15, 0.2) is 48.5 Å². The van der Waals surface area contributed by atoms with E-state index in [0.29, 0.717) is 35.7 Å². The van der Waals surface area contributed by atoms with E-state index in [1.54, 1.807) is 25.3 Å². The number of fused-ring (bicyclic) bond motifs is 4. The number of nitrogens with zero attached hydrogens (tertiary/aromatic N) is 1. The normalized spacial score (nSPS) is 28.4. The maximum atomic E-state index is 13.6. The van der Waals surface area contributed by atoms with Gasteiger partial charge in [-0.05, 0) is 36.6 Å². The predicted molar refractivity (Wildman–Crippen MR) is 119 cm³/mol. The molecule has 3 amide bonds. The molecule has 4 unspecified atom stereocenters. The van der Waals surface area contributed by atoms with E-state index in [9.17, 15) is 14.4 Å². The predicted octanol–water partition coefficient (Wildman–Crippen LogP) is 2.34. The third-order valence-electron chi connectivity index (χ3n) is 6.80. The van der Waals surface area contributed by atoms with Crippen LogP contribution >= 0.6 is 11.6 Å². The summed E-state index contributed by atoms with van der Waals surface area (Å²) in [4.78, 5) is 41.8. The third-order valence-corrected chi connectivity index (χ3v) is 7.03. The smallest absolute Gasteiger partial charge is 0.250 e. The Kier molecular flexibility index (Phi) is 5.28. The summed E-state index contributed by atoms with van der Waals surface area (Å²) in [5.74, 6) is -2.33. The first-order valence-corrected chi connectivity index (χ1v) is 11.1. The van der Waals surface area contributed by atoms with Gasteiger partial charge in [0.1, 0.15) is 5.54 Å². The molecule has 0 aromatic heterocycles. The zero-order valence-electron chi connectivity index (χ0n) is 17.6. The first-order valence-electron chi connectivity index (χ1n) is 10.7. The fourth-order valence-electron chi connectivity index (χ4n) is 5.46. The molecule has 0 radical (unpaired) electrons. The van der Waals surface area contributed by atoms with E-state index in [4.69, 9.17) is 16.3 Å². The summed E-state index contributed by atoms with van der Waals surface area (Å²) in [5.41, 5.74) is 0.945. The summed E-state index contributed by atoms with van der Waals surface area (Å²) in [6.07, 6.45) is 1.07. The van der Waals surface area contributed by atoms with Gasteiger partial charge >= 0.3 is 0 Å². The van der Waals surface area contributed by atoms with Crippen molar-refractivity contribution < 1.29 is 19.1 Å². The van der Waals surface area contributed by atoms with Crippen molar-refractivity contribution in [3.63, 3.8) is 0 Å². The highest BCUT2D eigenvalue weighted by Gasteiger charge is 2.70. The zero-order chi connectivity index (χ0) is 22.5. The third kappa shape index (κ3) is 3.07. The van der Waals surface area contributed by atoms with Gasteiger partial charge in [-0.2, -0.15) is 0 Å². The van der Waals surface area contributed by atoms with Gasteiger partial charge in [-0.3, -0.25) is 24.6 Å². The van der Waals surface area contributed by atoms with Crippen LogP contribution in [-0.2, 0) is 31.1 Å². The molecular formula is C24H24ClN3O4. The second-order valence-corrected chi connectivity index (χ2v) is 9.01. The molecule has 2 N–H and O–H groups in total. The van der Waals surface area contributed by atoms with Gasteiger partial charge in [-0.15, -0.1) is 0 Å². The number of imide groups is 1. The number of amides is 3. The van der Waals surface area contributed by atoms with E-state index < -0.39 is 17.4 Å².